The molecule has 0 aliphatic heterocycles. The summed E-state index contributed by atoms with van der Waals surface area (Å²) < 4.78 is 0. The molecular formula is C13H20ClN. The van der Waals surface area contributed by atoms with E-state index in [1.54, 1.807) is 0 Å². The number of hydrogen-bond donors (Lipinski definition) is 1. The van der Waals surface area contributed by atoms with Gasteiger partial charge in [0.15, 0.2) is 0 Å². The van der Waals surface area contributed by atoms with Crippen LogP contribution in [0.25, 0.3) is 0 Å². The zero-order chi connectivity index (χ0) is 11.3. The van der Waals surface area contributed by atoms with Gasteiger partial charge in [0.2, 0.25) is 0 Å². The third kappa shape index (κ3) is 3.51. The van der Waals surface area contributed by atoms with Crippen LogP contribution in [0, 0.1) is 0 Å². The molecule has 1 aromatic carbocycles. The Bertz CT molecular complexity index is 290. The molecule has 0 heterocycles. The maximum atomic E-state index is 5.63. The monoisotopic (exact) mass is 225 g/mol. The second-order valence-corrected chi connectivity index (χ2v) is 4.76. The van der Waals surface area contributed by atoms with E-state index in [2.05, 4.69) is 50.4 Å². The van der Waals surface area contributed by atoms with E-state index in [1.807, 2.05) is 0 Å². The van der Waals surface area contributed by atoms with Crippen LogP contribution >= 0.6 is 11.6 Å². The molecule has 2 heteroatoms. The molecule has 0 aliphatic rings. The van der Waals surface area contributed by atoms with Crippen LogP contribution < -0.4 is 5.32 Å². The average molecular weight is 226 g/mol. The van der Waals surface area contributed by atoms with E-state index in [-0.39, 0.29) is 5.41 Å². The fraction of sp³-hybridized carbons (Fsp3) is 0.538. The highest BCUT2D eigenvalue weighted by atomic mass is 35.5. The molecule has 0 bridgehead atoms. The van der Waals surface area contributed by atoms with E-state index in [9.17, 15) is 0 Å². The molecular weight excluding hydrogens is 206 g/mol. The Balaban J connectivity index is 2.75. The molecule has 0 radical (unpaired) electrons. The van der Waals surface area contributed by atoms with Crippen molar-refractivity contribution in [2.24, 2.45) is 0 Å². The van der Waals surface area contributed by atoms with E-state index in [4.69, 9.17) is 11.6 Å². The van der Waals surface area contributed by atoms with Gasteiger partial charge < -0.3 is 5.32 Å². The van der Waals surface area contributed by atoms with Crippen LogP contribution in [-0.4, -0.2) is 12.5 Å². The quantitative estimate of drug-likeness (QED) is 0.599. The predicted molar refractivity (Wildman–Crippen MR) is 67.6 cm³/mol. The molecule has 1 aromatic rings. The molecule has 0 aliphatic carbocycles. The van der Waals surface area contributed by atoms with Gasteiger partial charge in [-0.05, 0) is 17.5 Å². The molecule has 1 nitrogen and oxygen atoms in total. The summed E-state index contributed by atoms with van der Waals surface area (Å²) in [5, 5.41) is 3.18. The smallest absolute Gasteiger partial charge is 0.0713 e. The first-order chi connectivity index (χ1) is 7.10. The van der Waals surface area contributed by atoms with Crippen molar-refractivity contribution in [1.29, 1.82) is 0 Å². The van der Waals surface area contributed by atoms with Crippen molar-refractivity contribution in [1.82, 2.24) is 5.32 Å². The van der Waals surface area contributed by atoms with Gasteiger partial charge in [0.05, 0.1) is 6.00 Å². The Morgan fingerprint density at radius 1 is 1.20 bits per heavy atom. The minimum absolute atomic E-state index is 0.140. The summed E-state index contributed by atoms with van der Waals surface area (Å²) in [5.74, 6) is 0. The molecule has 15 heavy (non-hydrogen) atoms. The van der Waals surface area contributed by atoms with Crippen LogP contribution in [0.5, 0.6) is 0 Å². The molecule has 0 saturated carbocycles. The van der Waals surface area contributed by atoms with Crippen LogP contribution in [0.2, 0.25) is 0 Å². The summed E-state index contributed by atoms with van der Waals surface area (Å²) in [6.45, 7) is 7.54. The molecule has 0 spiro atoms. The summed E-state index contributed by atoms with van der Waals surface area (Å²) in [7, 11) is 0. The highest BCUT2D eigenvalue weighted by molar-refractivity contribution is 6.17. The molecule has 0 aromatic heterocycles. The lowest BCUT2D eigenvalue weighted by atomic mass is 9.84. The Morgan fingerprint density at radius 2 is 1.80 bits per heavy atom. The van der Waals surface area contributed by atoms with Gasteiger partial charge in [-0.3, -0.25) is 0 Å². The Hall–Kier alpha value is -0.530. The molecule has 0 fully saturated rings. The van der Waals surface area contributed by atoms with Crippen LogP contribution in [0.3, 0.4) is 0 Å². The van der Waals surface area contributed by atoms with Gasteiger partial charge in [-0.2, -0.15) is 0 Å². The normalized spacial score (nSPS) is 11.7. The molecule has 0 amide bonds. The molecule has 84 valence electrons. The van der Waals surface area contributed by atoms with Gasteiger partial charge in [0.1, 0.15) is 0 Å². The van der Waals surface area contributed by atoms with Crippen molar-refractivity contribution in [2.75, 3.05) is 12.5 Å². The van der Waals surface area contributed by atoms with Crippen molar-refractivity contribution in [3.05, 3.63) is 35.4 Å². The van der Waals surface area contributed by atoms with Gasteiger partial charge in [-0.1, -0.05) is 45.0 Å². The summed E-state index contributed by atoms with van der Waals surface area (Å²) in [5.41, 5.74) is 2.89. The van der Waals surface area contributed by atoms with Crippen molar-refractivity contribution >= 4 is 11.6 Å². The lowest BCUT2D eigenvalue weighted by Crippen LogP contribution is -2.32. The summed E-state index contributed by atoms with van der Waals surface area (Å²) in [4.78, 5) is 0. The van der Waals surface area contributed by atoms with E-state index in [1.165, 1.54) is 11.1 Å². The number of hydrogen-bond acceptors (Lipinski definition) is 1. The molecule has 0 saturated heterocycles. The first-order valence-electron chi connectivity index (χ1n) is 5.46. The number of alkyl halides is 1. The fourth-order valence-electron chi connectivity index (χ4n) is 1.65. The topological polar surface area (TPSA) is 12.0 Å². The van der Waals surface area contributed by atoms with E-state index < -0.39 is 0 Å². The third-order valence-corrected chi connectivity index (χ3v) is 2.99. The molecule has 1 N–H and O–H groups in total. The third-order valence-electron chi connectivity index (χ3n) is 2.81. The van der Waals surface area contributed by atoms with Gasteiger partial charge in [0, 0.05) is 12.0 Å². The molecule has 0 atom stereocenters. The fourth-order valence-corrected chi connectivity index (χ4v) is 1.75. The minimum Gasteiger partial charge on any atom is -0.303 e. The summed E-state index contributed by atoms with van der Waals surface area (Å²) >= 11 is 5.63. The number of rotatable bonds is 5. The van der Waals surface area contributed by atoms with Gasteiger partial charge in [-0.15, -0.1) is 11.6 Å². The van der Waals surface area contributed by atoms with Crippen molar-refractivity contribution in [3.63, 3.8) is 0 Å². The standard InChI is InChI=1S/C13H20ClN/c1-4-11-5-7-12(8-6-11)13(2,3)9-15-10-14/h5-8,15H,4,9-10H2,1-3H3. The average Bonchev–Trinajstić information content (AvgIpc) is 2.26. The van der Waals surface area contributed by atoms with Gasteiger partial charge in [0.25, 0.3) is 0 Å². The summed E-state index contributed by atoms with van der Waals surface area (Å²) in [6, 6.07) is 9.36. The minimum atomic E-state index is 0.140. The first-order valence-corrected chi connectivity index (χ1v) is 5.99. The second-order valence-electron chi connectivity index (χ2n) is 4.49. The van der Waals surface area contributed by atoms with Crippen LogP contribution in [0.1, 0.15) is 31.9 Å². The number of halogens is 1. The second kappa shape index (κ2) is 5.53. The van der Waals surface area contributed by atoms with Crippen LogP contribution in [0.4, 0.5) is 0 Å². The number of benzene rings is 1. The van der Waals surface area contributed by atoms with E-state index in [0.29, 0.717) is 6.00 Å². The zero-order valence-corrected chi connectivity index (χ0v) is 10.6. The first kappa shape index (κ1) is 12.5. The highest BCUT2D eigenvalue weighted by Crippen LogP contribution is 2.22. The van der Waals surface area contributed by atoms with Crippen LogP contribution in [-0.2, 0) is 11.8 Å². The summed E-state index contributed by atoms with van der Waals surface area (Å²) in [6.07, 6.45) is 1.10. The SMILES string of the molecule is CCc1ccc(C(C)(C)CNCCl)cc1. The maximum Gasteiger partial charge on any atom is 0.0713 e. The van der Waals surface area contributed by atoms with Crippen molar-refractivity contribution in [2.45, 2.75) is 32.6 Å². The molecule has 0 unspecified atom stereocenters. The lowest BCUT2D eigenvalue weighted by molar-refractivity contribution is 0.489. The van der Waals surface area contributed by atoms with E-state index >= 15 is 0 Å². The zero-order valence-electron chi connectivity index (χ0n) is 9.81. The van der Waals surface area contributed by atoms with Gasteiger partial charge >= 0.3 is 0 Å². The van der Waals surface area contributed by atoms with Crippen molar-refractivity contribution < 1.29 is 0 Å². The Kier molecular flexibility index (Phi) is 4.62. The van der Waals surface area contributed by atoms with Gasteiger partial charge in [-0.25, -0.2) is 0 Å². The van der Waals surface area contributed by atoms with Crippen molar-refractivity contribution in [3.8, 4) is 0 Å². The lowest BCUT2D eigenvalue weighted by Gasteiger charge is -2.25. The largest absolute Gasteiger partial charge is 0.303 e. The van der Waals surface area contributed by atoms with E-state index in [0.717, 1.165) is 13.0 Å². The number of aryl methyl sites for hydroxylation is 1. The number of nitrogens with one attached hydrogen (secondary N) is 1. The maximum absolute atomic E-state index is 5.63. The Labute approximate surface area is 97.8 Å². The van der Waals surface area contributed by atoms with Crippen LogP contribution in [0.15, 0.2) is 24.3 Å². The molecule has 1 rings (SSSR count). The highest BCUT2D eigenvalue weighted by Gasteiger charge is 2.19. The Morgan fingerprint density at radius 3 is 2.27 bits per heavy atom. The predicted octanol–water partition coefficient (Wildman–Crippen LogP) is 3.31.